The lowest BCUT2D eigenvalue weighted by Gasteiger charge is -2.10. The summed E-state index contributed by atoms with van der Waals surface area (Å²) in [6.45, 7) is 0. The SMILES string of the molecule is N#Cc1nc2c3cc4ccccc4cc3c3nc(C#N)c(C#N)nc3c2nc1C#N. The summed E-state index contributed by atoms with van der Waals surface area (Å²) in [6.07, 6.45) is 0. The van der Waals surface area contributed by atoms with Gasteiger partial charge in [0.05, 0.1) is 0 Å². The number of hydrogen-bond acceptors (Lipinski definition) is 8. The Balaban J connectivity index is 2.15. The van der Waals surface area contributed by atoms with E-state index in [1.165, 1.54) is 0 Å². The summed E-state index contributed by atoms with van der Waals surface area (Å²) in [7, 11) is 0. The van der Waals surface area contributed by atoms with Crippen molar-refractivity contribution in [2.45, 2.75) is 0 Å². The predicted octanol–water partition coefficient (Wildman–Crippen LogP) is 3.37. The van der Waals surface area contributed by atoms with Gasteiger partial charge in [-0.05, 0) is 22.9 Å². The molecule has 0 radical (unpaired) electrons. The molecule has 3 aromatic carbocycles. The van der Waals surface area contributed by atoms with Crippen LogP contribution in [0.2, 0.25) is 0 Å². The summed E-state index contributed by atoms with van der Waals surface area (Å²) < 4.78 is 0. The summed E-state index contributed by atoms with van der Waals surface area (Å²) in [6, 6.07) is 19.1. The third kappa shape index (κ3) is 2.23. The number of fused-ring (bicyclic) bond motifs is 7. The lowest BCUT2D eigenvalue weighted by atomic mass is 10.00. The summed E-state index contributed by atoms with van der Waals surface area (Å²) >= 11 is 0. The van der Waals surface area contributed by atoms with Gasteiger partial charge >= 0.3 is 0 Å². The van der Waals surface area contributed by atoms with Crippen molar-refractivity contribution in [3.05, 3.63) is 59.2 Å². The first-order valence-corrected chi connectivity index (χ1v) is 8.67. The maximum atomic E-state index is 9.41. The molecule has 0 saturated heterocycles. The molecule has 0 aliphatic heterocycles. The zero-order chi connectivity index (χ0) is 20.8. The van der Waals surface area contributed by atoms with E-state index in [0.29, 0.717) is 21.8 Å². The molecule has 0 saturated carbocycles. The minimum atomic E-state index is -0.142. The van der Waals surface area contributed by atoms with E-state index in [1.54, 1.807) is 0 Å². The molecule has 0 aliphatic carbocycles. The van der Waals surface area contributed by atoms with Crippen molar-refractivity contribution in [3.63, 3.8) is 0 Å². The first kappa shape index (κ1) is 17.0. The quantitative estimate of drug-likeness (QED) is 0.292. The van der Waals surface area contributed by atoms with Gasteiger partial charge in [-0.25, -0.2) is 19.9 Å². The van der Waals surface area contributed by atoms with E-state index in [1.807, 2.05) is 60.7 Å². The molecule has 8 heteroatoms. The van der Waals surface area contributed by atoms with Gasteiger partial charge in [0.25, 0.3) is 0 Å². The van der Waals surface area contributed by atoms with Gasteiger partial charge in [0.15, 0.2) is 22.8 Å². The predicted molar refractivity (Wildman–Crippen MR) is 107 cm³/mol. The highest BCUT2D eigenvalue weighted by Crippen LogP contribution is 2.34. The Hall–Kier alpha value is -5.18. The molecule has 0 amide bonds. The summed E-state index contributed by atoms with van der Waals surface area (Å²) in [5, 5.41) is 40.8. The first-order chi connectivity index (χ1) is 14.7. The van der Waals surface area contributed by atoms with E-state index in [2.05, 4.69) is 19.9 Å². The van der Waals surface area contributed by atoms with Crippen LogP contribution in [0.1, 0.15) is 22.8 Å². The Morgan fingerprint density at radius 1 is 0.500 bits per heavy atom. The maximum Gasteiger partial charge on any atom is 0.177 e. The molecule has 0 N–H and O–H groups in total. The Bertz CT molecular complexity index is 1610. The van der Waals surface area contributed by atoms with E-state index in [4.69, 9.17) is 0 Å². The average molecular weight is 382 g/mol. The van der Waals surface area contributed by atoms with Crippen LogP contribution in [0.3, 0.4) is 0 Å². The van der Waals surface area contributed by atoms with Crippen molar-refractivity contribution >= 4 is 43.6 Å². The van der Waals surface area contributed by atoms with Gasteiger partial charge in [0.1, 0.15) is 46.3 Å². The van der Waals surface area contributed by atoms with Crippen molar-refractivity contribution in [1.82, 2.24) is 19.9 Å². The van der Waals surface area contributed by atoms with Crippen LogP contribution in [0.25, 0.3) is 43.6 Å². The number of hydrogen-bond donors (Lipinski definition) is 0. The van der Waals surface area contributed by atoms with Gasteiger partial charge < -0.3 is 0 Å². The van der Waals surface area contributed by atoms with E-state index >= 15 is 0 Å². The van der Waals surface area contributed by atoms with E-state index in [0.717, 1.165) is 10.8 Å². The fourth-order valence-corrected chi connectivity index (χ4v) is 3.52. The van der Waals surface area contributed by atoms with E-state index < -0.39 is 0 Å². The monoisotopic (exact) mass is 382 g/mol. The van der Waals surface area contributed by atoms with E-state index in [9.17, 15) is 21.0 Å². The van der Waals surface area contributed by atoms with Crippen LogP contribution in [0.15, 0.2) is 36.4 Å². The minimum absolute atomic E-state index is 0.0964. The average Bonchev–Trinajstić information content (AvgIpc) is 2.81. The smallest absolute Gasteiger partial charge is 0.177 e. The molecular weight excluding hydrogens is 376 g/mol. The van der Waals surface area contributed by atoms with Gasteiger partial charge in [-0.3, -0.25) is 0 Å². The van der Waals surface area contributed by atoms with Crippen LogP contribution in [0.5, 0.6) is 0 Å². The number of aromatic nitrogens is 4. The summed E-state index contributed by atoms with van der Waals surface area (Å²) in [4.78, 5) is 17.4. The van der Waals surface area contributed by atoms with Gasteiger partial charge in [0, 0.05) is 10.8 Å². The third-order valence-corrected chi connectivity index (χ3v) is 4.84. The molecule has 8 nitrogen and oxygen atoms in total. The van der Waals surface area contributed by atoms with Crippen LogP contribution in [0, 0.1) is 45.3 Å². The van der Waals surface area contributed by atoms with Crippen LogP contribution >= 0.6 is 0 Å². The zero-order valence-electron chi connectivity index (χ0n) is 15.0. The second kappa shape index (κ2) is 6.17. The number of nitriles is 4. The van der Waals surface area contributed by atoms with Crippen LogP contribution in [0.4, 0.5) is 0 Å². The minimum Gasteiger partial charge on any atom is -0.232 e. The first-order valence-electron chi connectivity index (χ1n) is 8.67. The molecule has 5 rings (SSSR count). The fraction of sp³-hybridized carbons (Fsp3) is 0. The standard InChI is InChI=1S/C22H6N8/c23-7-15-17(9-25)29-21-19(27-15)13-5-11-3-1-2-4-12(11)6-14(13)20-22(21)30-18(10-26)16(8-24)28-20/h1-6H. The molecule has 0 aliphatic rings. The Kier molecular flexibility index (Phi) is 3.49. The highest BCUT2D eigenvalue weighted by Gasteiger charge is 2.19. The van der Waals surface area contributed by atoms with Gasteiger partial charge in [0.2, 0.25) is 0 Å². The van der Waals surface area contributed by atoms with Crippen molar-refractivity contribution in [3.8, 4) is 24.3 Å². The highest BCUT2D eigenvalue weighted by molar-refractivity contribution is 6.23. The number of rotatable bonds is 0. The van der Waals surface area contributed by atoms with Gasteiger partial charge in [-0.15, -0.1) is 0 Å². The largest absolute Gasteiger partial charge is 0.232 e. The molecule has 2 heterocycles. The second-order valence-electron chi connectivity index (χ2n) is 6.43. The highest BCUT2D eigenvalue weighted by atomic mass is 14.9. The third-order valence-electron chi connectivity index (χ3n) is 4.84. The van der Waals surface area contributed by atoms with Crippen molar-refractivity contribution in [2.24, 2.45) is 0 Å². The van der Waals surface area contributed by atoms with Crippen LogP contribution in [-0.2, 0) is 0 Å². The Morgan fingerprint density at radius 2 is 0.833 bits per heavy atom. The molecule has 0 unspecified atom stereocenters. The number of benzene rings is 3. The zero-order valence-corrected chi connectivity index (χ0v) is 15.0. The summed E-state index contributed by atoms with van der Waals surface area (Å²) in [5.41, 5.74) is 0.770. The van der Waals surface area contributed by atoms with E-state index in [-0.39, 0.29) is 33.8 Å². The van der Waals surface area contributed by atoms with Crippen LogP contribution < -0.4 is 0 Å². The second-order valence-corrected chi connectivity index (χ2v) is 6.43. The molecule has 0 atom stereocenters. The fourth-order valence-electron chi connectivity index (χ4n) is 3.52. The molecule has 0 spiro atoms. The Labute approximate surface area is 168 Å². The molecule has 0 fully saturated rings. The van der Waals surface area contributed by atoms with Crippen molar-refractivity contribution < 1.29 is 0 Å². The van der Waals surface area contributed by atoms with Gasteiger partial charge in [-0.2, -0.15) is 21.0 Å². The molecule has 2 aromatic heterocycles. The van der Waals surface area contributed by atoms with Crippen molar-refractivity contribution in [2.75, 3.05) is 0 Å². The molecule has 5 aromatic rings. The Morgan fingerprint density at radius 3 is 1.17 bits per heavy atom. The molecule has 30 heavy (non-hydrogen) atoms. The number of nitrogens with zero attached hydrogens (tertiary/aromatic N) is 8. The molecule has 134 valence electrons. The lowest BCUT2D eigenvalue weighted by Crippen LogP contribution is -2.02. The lowest BCUT2D eigenvalue weighted by molar-refractivity contribution is 1.18. The summed E-state index contributed by atoms with van der Waals surface area (Å²) in [5.74, 6) is 0. The van der Waals surface area contributed by atoms with Crippen LogP contribution in [-0.4, -0.2) is 19.9 Å². The normalized spacial score (nSPS) is 10.5. The topological polar surface area (TPSA) is 147 Å². The van der Waals surface area contributed by atoms with Gasteiger partial charge in [-0.1, -0.05) is 24.3 Å². The molecule has 0 bridgehead atoms. The maximum absolute atomic E-state index is 9.41. The molecular formula is C22H6N8. The van der Waals surface area contributed by atoms with Crippen molar-refractivity contribution in [1.29, 1.82) is 21.0 Å².